The van der Waals surface area contributed by atoms with Crippen LogP contribution in [0.4, 0.5) is 5.82 Å². The van der Waals surface area contributed by atoms with Crippen LogP contribution in [0, 0.1) is 0 Å². The summed E-state index contributed by atoms with van der Waals surface area (Å²) in [6.07, 6.45) is 1.23. The Hall–Kier alpha value is -2.10. The molecule has 0 bridgehead atoms. The van der Waals surface area contributed by atoms with Crippen molar-refractivity contribution in [2.45, 2.75) is 33.3 Å². The predicted octanol–water partition coefficient (Wildman–Crippen LogP) is 3.75. The molecule has 20 heavy (non-hydrogen) atoms. The monoisotopic (exact) mass is 271 g/mol. The van der Waals surface area contributed by atoms with Gasteiger partial charge in [-0.25, -0.2) is 0 Å². The van der Waals surface area contributed by atoms with Crippen LogP contribution in [-0.2, 0) is 0 Å². The van der Waals surface area contributed by atoms with Gasteiger partial charge in [0.25, 0.3) is 0 Å². The normalized spacial score (nSPS) is 10.6. The summed E-state index contributed by atoms with van der Waals surface area (Å²) in [5.41, 5.74) is 1.86. The smallest absolute Gasteiger partial charge is 0.148 e. The number of nitrogens with zero attached hydrogens (tertiary/aromatic N) is 2. The van der Waals surface area contributed by atoms with Crippen LogP contribution in [0.1, 0.15) is 27.2 Å². The Morgan fingerprint density at radius 2 is 2.00 bits per heavy atom. The second kappa shape index (κ2) is 6.89. The maximum absolute atomic E-state index is 5.69. The van der Waals surface area contributed by atoms with Gasteiger partial charge in [-0.2, -0.15) is 0 Å². The van der Waals surface area contributed by atoms with E-state index in [1.54, 1.807) is 0 Å². The van der Waals surface area contributed by atoms with Crippen molar-refractivity contribution in [1.29, 1.82) is 0 Å². The van der Waals surface area contributed by atoms with E-state index in [0.717, 1.165) is 35.8 Å². The molecule has 0 aliphatic heterocycles. The van der Waals surface area contributed by atoms with Gasteiger partial charge in [0.2, 0.25) is 0 Å². The third-order valence-electron chi connectivity index (χ3n) is 2.72. The molecular weight excluding hydrogens is 250 g/mol. The first-order chi connectivity index (χ1) is 9.69. The van der Waals surface area contributed by atoms with E-state index >= 15 is 0 Å². The van der Waals surface area contributed by atoms with E-state index in [1.807, 2.05) is 50.2 Å². The van der Waals surface area contributed by atoms with Crippen LogP contribution < -0.4 is 10.1 Å². The van der Waals surface area contributed by atoms with Gasteiger partial charge in [0.1, 0.15) is 11.6 Å². The lowest BCUT2D eigenvalue weighted by Crippen LogP contribution is -2.05. The van der Waals surface area contributed by atoms with Crippen molar-refractivity contribution in [3.05, 3.63) is 36.4 Å². The molecule has 0 fully saturated rings. The van der Waals surface area contributed by atoms with E-state index < -0.39 is 0 Å². The molecule has 0 saturated carbocycles. The van der Waals surface area contributed by atoms with E-state index in [4.69, 9.17) is 4.74 Å². The molecule has 4 heteroatoms. The van der Waals surface area contributed by atoms with Crippen molar-refractivity contribution >= 4 is 5.82 Å². The Kier molecular flexibility index (Phi) is 4.93. The molecular formula is C16H21N3O. The van der Waals surface area contributed by atoms with Gasteiger partial charge in [0.15, 0.2) is 0 Å². The SMILES string of the molecule is CCCNc1ccc(-c2cccc(OC(C)C)c2)nn1. The zero-order valence-electron chi connectivity index (χ0n) is 12.3. The number of benzene rings is 1. The van der Waals surface area contributed by atoms with Crippen molar-refractivity contribution in [2.24, 2.45) is 0 Å². The average Bonchev–Trinajstić information content (AvgIpc) is 2.45. The molecule has 0 unspecified atom stereocenters. The summed E-state index contributed by atoms with van der Waals surface area (Å²) in [7, 11) is 0. The number of ether oxygens (including phenoxy) is 1. The maximum atomic E-state index is 5.69. The Morgan fingerprint density at radius 1 is 1.15 bits per heavy atom. The molecule has 1 heterocycles. The Balaban J connectivity index is 2.14. The van der Waals surface area contributed by atoms with Gasteiger partial charge in [0, 0.05) is 12.1 Å². The topological polar surface area (TPSA) is 47.0 Å². The molecule has 0 aliphatic carbocycles. The summed E-state index contributed by atoms with van der Waals surface area (Å²) in [6, 6.07) is 11.8. The highest BCUT2D eigenvalue weighted by Crippen LogP contribution is 2.23. The molecule has 0 aliphatic rings. The third kappa shape index (κ3) is 3.95. The third-order valence-corrected chi connectivity index (χ3v) is 2.72. The Morgan fingerprint density at radius 3 is 2.65 bits per heavy atom. The zero-order valence-corrected chi connectivity index (χ0v) is 12.3. The summed E-state index contributed by atoms with van der Waals surface area (Å²) < 4.78 is 5.69. The largest absolute Gasteiger partial charge is 0.491 e. The fraction of sp³-hybridized carbons (Fsp3) is 0.375. The van der Waals surface area contributed by atoms with Crippen molar-refractivity contribution in [3.8, 4) is 17.0 Å². The molecule has 1 aromatic carbocycles. The van der Waals surface area contributed by atoms with Gasteiger partial charge >= 0.3 is 0 Å². The molecule has 1 aromatic heterocycles. The average molecular weight is 271 g/mol. The first-order valence-corrected chi connectivity index (χ1v) is 7.03. The Labute approximate surface area is 120 Å². The first-order valence-electron chi connectivity index (χ1n) is 7.03. The lowest BCUT2D eigenvalue weighted by atomic mass is 10.1. The predicted molar refractivity (Wildman–Crippen MR) is 82.0 cm³/mol. The number of nitrogens with one attached hydrogen (secondary N) is 1. The quantitative estimate of drug-likeness (QED) is 0.869. The summed E-state index contributed by atoms with van der Waals surface area (Å²) in [6.45, 7) is 7.06. The zero-order chi connectivity index (χ0) is 14.4. The highest BCUT2D eigenvalue weighted by molar-refractivity contribution is 5.61. The number of anilines is 1. The van der Waals surface area contributed by atoms with Crippen molar-refractivity contribution in [2.75, 3.05) is 11.9 Å². The standard InChI is InChI=1S/C16H21N3O/c1-4-10-17-16-9-8-15(18-19-16)13-6-5-7-14(11-13)20-12(2)3/h5-9,11-12H,4,10H2,1-3H3,(H,17,19). The van der Waals surface area contributed by atoms with Crippen molar-refractivity contribution in [3.63, 3.8) is 0 Å². The van der Waals surface area contributed by atoms with Crippen molar-refractivity contribution in [1.82, 2.24) is 10.2 Å². The number of rotatable bonds is 6. The van der Waals surface area contributed by atoms with Crippen LogP contribution in [0.5, 0.6) is 5.75 Å². The molecule has 0 radical (unpaired) electrons. The number of aromatic nitrogens is 2. The Bertz CT molecular complexity index is 538. The van der Waals surface area contributed by atoms with Gasteiger partial charge in [0.05, 0.1) is 11.8 Å². The highest BCUT2D eigenvalue weighted by atomic mass is 16.5. The minimum absolute atomic E-state index is 0.164. The summed E-state index contributed by atoms with van der Waals surface area (Å²) in [4.78, 5) is 0. The lowest BCUT2D eigenvalue weighted by Gasteiger charge is -2.10. The highest BCUT2D eigenvalue weighted by Gasteiger charge is 2.04. The summed E-state index contributed by atoms with van der Waals surface area (Å²) >= 11 is 0. The molecule has 106 valence electrons. The molecule has 1 N–H and O–H groups in total. The fourth-order valence-corrected chi connectivity index (χ4v) is 1.83. The lowest BCUT2D eigenvalue weighted by molar-refractivity contribution is 0.242. The number of hydrogen-bond donors (Lipinski definition) is 1. The van der Waals surface area contributed by atoms with Gasteiger partial charge in [-0.1, -0.05) is 19.1 Å². The van der Waals surface area contributed by atoms with Crippen LogP contribution in [0.3, 0.4) is 0 Å². The van der Waals surface area contributed by atoms with Crippen LogP contribution >= 0.6 is 0 Å². The molecule has 0 saturated heterocycles. The molecule has 4 nitrogen and oxygen atoms in total. The van der Waals surface area contributed by atoms with Crippen LogP contribution in [0.2, 0.25) is 0 Å². The van der Waals surface area contributed by atoms with Gasteiger partial charge in [-0.15, -0.1) is 10.2 Å². The van der Waals surface area contributed by atoms with E-state index in [0.29, 0.717) is 0 Å². The van der Waals surface area contributed by atoms with Crippen LogP contribution in [0.15, 0.2) is 36.4 Å². The minimum atomic E-state index is 0.164. The minimum Gasteiger partial charge on any atom is -0.491 e. The van der Waals surface area contributed by atoms with E-state index in [9.17, 15) is 0 Å². The molecule has 2 rings (SSSR count). The molecule has 0 amide bonds. The van der Waals surface area contributed by atoms with E-state index in [-0.39, 0.29) is 6.10 Å². The molecule has 0 atom stereocenters. The summed E-state index contributed by atoms with van der Waals surface area (Å²) in [5.74, 6) is 1.66. The van der Waals surface area contributed by atoms with E-state index in [1.165, 1.54) is 0 Å². The van der Waals surface area contributed by atoms with Gasteiger partial charge in [-0.05, 0) is 44.5 Å². The van der Waals surface area contributed by atoms with E-state index in [2.05, 4.69) is 22.4 Å². The second-order valence-electron chi connectivity index (χ2n) is 4.93. The summed E-state index contributed by atoms with van der Waals surface area (Å²) in [5, 5.41) is 11.6. The second-order valence-corrected chi connectivity index (χ2v) is 4.93. The number of hydrogen-bond acceptors (Lipinski definition) is 4. The van der Waals surface area contributed by atoms with Gasteiger partial charge < -0.3 is 10.1 Å². The molecule has 0 spiro atoms. The van der Waals surface area contributed by atoms with Gasteiger partial charge in [-0.3, -0.25) is 0 Å². The van der Waals surface area contributed by atoms with Crippen molar-refractivity contribution < 1.29 is 4.74 Å². The molecule has 2 aromatic rings. The van der Waals surface area contributed by atoms with Crippen LogP contribution in [0.25, 0.3) is 11.3 Å². The maximum Gasteiger partial charge on any atom is 0.148 e. The van der Waals surface area contributed by atoms with Crippen LogP contribution in [-0.4, -0.2) is 22.8 Å². The first kappa shape index (κ1) is 14.3. The fourth-order valence-electron chi connectivity index (χ4n) is 1.83.